The molecule has 27 heavy (non-hydrogen) atoms. The molecule has 0 spiro atoms. The molecule has 150 valence electrons. The third kappa shape index (κ3) is 4.80. The lowest BCUT2D eigenvalue weighted by molar-refractivity contribution is -0.134. The summed E-state index contributed by atoms with van der Waals surface area (Å²) in [7, 11) is -3.72. The molecule has 0 radical (unpaired) electrons. The van der Waals surface area contributed by atoms with Gasteiger partial charge in [-0.3, -0.25) is 9.69 Å². The summed E-state index contributed by atoms with van der Waals surface area (Å²) in [6, 6.07) is 3.42. The summed E-state index contributed by atoms with van der Waals surface area (Å²) in [6.07, 6.45) is 2.20. The van der Waals surface area contributed by atoms with Crippen LogP contribution in [0.3, 0.4) is 0 Å². The normalized spacial score (nSPS) is 22.8. The fourth-order valence-electron chi connectivity index (χ4n) is 3.62. The van der Waals surface area contributed by atoms with Gasteiger partial charge in [-0.05, 0) is 37.0 Å². The van der Waals surface area contributed by atoms with Crippen LogP contribution in [0.25, 0.3) is 0 Å². The van der Waals surface area contributed by atoms with Crippen LogP contribution in [0.2, 0.25) is 5.02 Å². The Balaban J connectivity index is 1.56. The number of rotatable bonds is 4. The summed E-state index contributed by atoms with van der Waals surface area (Å²) in [5, 5.41) is -0.212. The van der Waals surface area contributed by atoms with Gasteiger partial charge in [-0.25, -0.2) is 12.8 Å². The van der Waals surface area contributed by atoms with E-state index in [1.54, 1.807) is 0 Å². The van der Waals surface area contributed by atoms with Gasteiger partial charge in [0.1, 0.15) is 5.82 Å². The van der Waals surface area contributed by atoms with E-state index < -0.39 is 15.8 Å². The number of amides is 1. The van der Waals surface area contributed by atoms with Gasteiger partial charge >= 0.3 is 0 Å². The van der Waals surface area contributed by atoms with Crippen LogP contribution >= 0.6 is 11.6 Å². The number of sulfonamides is 1. The Labute approximate surface area is 164 Å². The van der Waals surface area contributed by atoms with Gasteiger partial charge in [-0.1, -0.05) is 18.5 Å². The van der Waals surface area contributed by atoms with E-state index >= 15 is 0 Å². The Morgan fingerprint density at radius 2 is 1.93 bits per heavy atom. The molecule has 0 aliphatic carbocycles. The molecule has 9 heteroatoms. The number of benzene rings is 1. The van der Waals surface area contributed by atoms with Gasteiger partial charge in [0.15, 0.2) is 0 Å². The van der Waals surface area contributed by atoms with Crippen molar-refractivity contribution in [2.45, 2.75) is 24.7 Å². The molecule has 0 saturated carbocycles. The molecule has 1 atom stereocenters. The van der Waals surface area contributed by atoms with Crippen LogP contribution in [-0.4, -0.2) is 74.2 Å². The minimum Gasteiger partial charge on any atom is -0.341 e. The fourth-order valence-corrected chi connectivity index (χ4v) is 5.32. The van der Waals surface area contributed by atoms with Crippen molar-refractivity contribution in [2.75, 3.05) is 45.8 Å². The molecular weight excluding hydrogens is 393 g/mol. The maximum Gasteiger partial charge on any atom is 0.243 e. The zero-order valence-electron chi connectivity index (χ0n) is 15.4. The van der Waals surface area contributed by atoms with Crippen molar-refractivity contribution in [2.24, 2.45) is 5.92 Å². The zero-order valence-corrected chi connectivity index (χ0v) is 17.0. The first kappa shape index (κ1) is 20.5. The quantitative estimate of drug-likeness (QED) is 0.752. The number of hydrogen-bond acceptors (Lipinski definition) is 4. The fraction of sp³-hybridized carbons (Fsp3) is 0.611. The van der Waals surface area contributed by atoms with Crippen LogP contribution in [0.4, 0.5) is 4.39 Å². The van der Waals surface area contributed by atoms with Crippen molar-refractivity contribution in [1.82, 2.24) is 14.1 Å². The van der Waals surface area contributed by atoms with Crippen molar-refractivity contribution >= 4 is 27.5 Å². The molecular formula is C18H25ClFN3O3S. The standard InChI is InChI=1S/C18H25ClFN3O3S/c1-14-3-2-6-22(12-14)18(24)13-21-7-9-23(10-8-21)27(25,26)15-4-5-17(20)16(19)11-15/h4-5,11,14H,2-3,6-10,12-13H2,1H3/t14-/m1/s1. The van der Waals surface area contributed by atoms with Gasteiger partial charge in [0.05, 0.1) is 16.5 Å². The van der Waals surface area contributed by atoms with Crippen LogP contribution in [0.1, 0.15) is 19.8 Å². The highest BCUT2D eigenvalue weighted by molar-refractivity contribution is 7.89. The van der Waals surface area contributed by atoms with Gasteiger partial charge in [-0.15, -0.1) is 0 Å². The Hall–Kier alpha value is -1.22. The summed E-state index contributed by atoms with van der Waals surface area (Å²) in [5.74, 6) is 0.00127. The van der Waals surface area contributed by atoms with Gasteiger partial charge in [0.2, 0.25) is 15.9 Å². The van der Waals surface area contributed by atoms with Gasteiger partial charge in [0, 0.05) is 39.3 Å². The molecule has 1 aromatic carbocycles. The summed E-state index contributed by atoms with van der Waals surface area (Å²) in [6.45, 7) is 5.66. The van der Waals surface area contributed by atoms with Crippen molar-refractivity contribution in [3.8, 4) is 0 Å². The summed E-state index contributed by atoms with van der Waals surface area (Å²) in [4.78, 5) is 16.4. The average Bonchev–Trinajstić information content (AvgIpc) is 2.64. The Morgan fingerprint density at radius 1 is 1.22 bits per heavy atom. The third-order valence-electron chi connectivity index (χ3n) is 5.23. The number of piperidine rings is 1. The summed E-state index contributed by atoms with van der Waals surface area (Å²) in [5.41, 5.74) is 0. The molecule has 2 aliphatic rings. The van der Waals surface area contributed by atoms with Crippen LogP contribution in [0.5, 0.6) is 0 Å². The van der Waals surface area contributed by atoms with E-state index in [4.69, 9.17) is 11.6 Å². The smallest absolute Gasteiger partial charge is 0.243 e. The summed E-state index contributed by atoms with van der Waals surface area (Å²) >= 11 is 5.71. The highest BCUT2D eigenvalue weighted by atomic mass is 35.5. The lowest BCUT2D eigenvalue weighted by atomic mass is 10.0. The molecule has 2 saturated heterocycles. The van der Waals surface area contributed by atoms with E-state index in [9.17, 15) is 17.6 Å². The van der Waals surface area contributed by atoms with E-state index in [0.717, 1.165) is 38.1 Å². The number of likely N-dealkylation sites (tertiary alicyclic amines) is 1. The molecule has 6 nitrogen and oxygen atoms in total. The number of halogens is 2. The molecule has 2 aliphatic heterocycles. The first-order valence-electron chi connectivity index (χ1n) is 9.22. The molecule has 0 unspecified atom stereocenters. The first-order chi connectivity index (χ1) is 12.8. The second kappa shape index (κ2) is 8.43. The average molecular weight is 418 g/mol. The SMILES string of the molecule is C[C@@H]1CCCN(C(=O)CN2CCN(S(=O)(=O)c3ccc(F)c(Cl)c3)CC2)C1. The highest BCUT2D eigenvalue weighted by Gasteiger charge is 2.30. The number of carbonyl (C=O) groups is 1. The number of carbonyl (C=O) groups excluding carboxylic acids is 1. The number of hydrogen-bond donors (Lipinski definition) is 0. The predicted octanol–water partition coefficient (Wildman–Crippen LogP) is 2.04. The molecule has 2 heterocycles. The number of nitrogens with zero attached hydrogens (tertiary/aromatic N) is 3. The van der Waals surface area contributed by atoms with E-state index in [-0.39, 0.29) is 15.8 Å². The van der Waals surface area contributed by atoms with Crippen LogP contribution in [-0.2, 0) is 14.8 Å². The lowest BCUT2D eigenvalue weighted by Gasteiger charge is -2.36. The number of piperazine rings is 1. The lowest BCUT2D eigenvalue weighted by Crippen LogP contribution is -2.52. The van der Waals surface area contributed by atoms with Gasteiger partial charge < -0.3 is 4.90 Å². The minimum absolute atomic E-state index is 0.0132. The van der Waals surface area contributed by atoms with Gasteiger partial charge in [0.25, 0.3) is 0 Å². The van der Waals surface area contributed by atoms with Crippen molar-refractivity contribution in [3.63, 3.8) is 0 Å². The first-order valence-corrected chi connectivity index (χ1v) is 11.0. The second-order valence-electron chi connectivity index (χ2n) is 7.34. The molecule has 2 fully saturated rings. The molecule has 0 N–H and O–H groups in total. The summed E-state index contributed by atoms with van der Waals surface area (Å²) < 4.78 is 40.1. The maximum atomic E-state index is 13.3. The Morgan fingerprint density at radius 3 is 2.56 bits per heavy atom. The van der Waals surface area contributed by atoms with E-state index in [1.165, 1.54) is 10.4 Å². The monoisotopic (exact) mass is 417 g/mol. The van der Waals surface area contributed by atoms with Crippen molar-refractivity contribution < 1.29 is 17.6 Å². The minimum atomic E-state index is -3.72. The Bertz CT molecular complexity index is 797. The highest BCUT2D eigenvalue weighted by Crippen LogP contribution is 2.23. The largest absolute Gasteiger partial charge is 0.341 e. The van der Waals surface area contributed by atoms with E-state index in [2.05, 4.69) is 6.92 Å². The third-order valence-corrected chi connectivity index (χ3v) is 7.41. The van der Waals surface area contributed by atoms with Crippen molar-refractivity contribution in [3.05, 3.63) is 29.0 Å². The van der Waals surface area contributed by atoms with Crippen molar-refractivity contribution in [1.29, 1.82) is 0 Å². The van der Waals surface area contributed by atoms with Crippen LogP contribution in [0, 0.1) is 11.7 Å². The zero-order chi connectivity index (χ0) is 19.6. The van der Waals surface area contributed by atoms with E-state index in [0.29, 0.717) is 38.6 Å². The maximum absolute atomic E-state index is 13.3. The van der Waals surface area contributed by atoms with E-state index in [1.807, 2.05) is 9.80 Å². The predicted molar refractivity (Wildman–Crippen MR) is 102 cm³/mol. The molecule has 0 aromatic heterocycles. The van der Waals surface area contributed by atoms with Gasteiger partial charge in [-0.2, -0.15) is 4.31 Å². The molecule has 0 bridgehead atoms. The molecule has 1 amide bonds. The van der Waals surface area contributed by atoms with Crippen LogP contribution in [0.15, 0.2) is 23.1 Å². The topological polar surface area (TPSA) is 60.9 Å². The molecule has 3 rings (SSSR count). The second-order valence-corrected chi connectivity index (χ2v) is 9.69. The Kier molecular flexibility index (Phi) is 6.40. The molecule has 1 aromatic rings. The van der Waals surface area contributed by atoms with Crippen LogP contribution < -0.4 is 0 Å².